The molecule has 0 aliphatic carbocycles. The van der Waals surface area contributed by atoms with E-state index >= 15 is 0 Å². The number of allylic oxidation sites excluding steroid dienone is 1. The van der Waals surface area contributed by atoms with E-state index in [9.17, 15) is 30.7 Å². The van der Waals surface area contributed by atoms with Crippen molar-refractivity contribution in [3.05, 3.63) is 12.2 Å². The number of halogens is 7. The summed E-state index contributed by atoms with van der Waals surface area (Å²) in [7, 11) is 0. The lowest BCUT2D eigenvalue weighted by Crippen LogP contribution is -2.55. The molecule has 8 heteroatoms. The van der Waals surface area contributed by atoms with Gasteiger partial charge in [-0.25, -0.2) is 0 Å². The van der Waals surface area contributed by atoms with Gasteiger partial charge >= 0.3 is 18.2 Å². The maximum atomic E-state index is 12.6. The highest BCUT2D eigenvalue weighted by Gasteiger charge is 2.74. The first kappa shape index (κ1) is 14.2. The van der Waals surface area contributed by atoms with Crippen LogP contribution in [0.3, 0.4) is 0 Å². The molecule has 15 heavy (non-hydrogen) atoms. The van der Waals surface area contributed by atoms with Crippen LogP contribution in [-0.2, 0) is 4.74 Å². The molecule has 90 valence electrons. The van der Waals surface area contributed by atoms with Gasteiger partial charge in [0.15, 0.2) is 0 Å². The summed E-state index contributed by atoms with van der Waals surface area (Å²) in [6, 6.07) is 0. The molecule has 0 saturated carbocycles. The predicted molar refractivity (Wildman–Crippen MR) is 36.7 cm³/mol. The van der Waals surface area contributed by atoms with E-state index in [4.69, 9.17) is 0 Å². The predicted octanol–water partition coefficient (Wildman–Crippen LogP) is 3.37. The summed E-state index contributed by atoms with van der Waals surface area (Å²) in [6.07, 6.45) is -10.4. The molecule has 0 spiro atoms. The van der Waals surface area contributed by atoms with Crippen LogP contribution in [0.5, 0.6) is 0 Å². The third-order valence-corrected chi connectivity index (χ3v) is 1.34. The molecule has 0 aliphatic heterocycles. The first-order valence-electron chi connectivity index (χ1n) is 3.63. The highest BCUT2D eigenvalue weighted by atomic mass is 19.4. The lowest BCUT2D eigenvalue weighted by molar-refractivity contribution is -0.427. The summed E-state index contributed by atoms with van der Waals surface area (Å²) in [4.78, 5) is 0. The van der Waals surface area contributed by atoms with Crippen molar-refractivity contribution in [1.82, 2.24) is 0 Å². The Morgan fingerprint density at radius 2 is 1.33 bits per heavy atom. The zero-order chi connectivity index (χ0) is 12.3. The van der Waals surface area contributed by atoms with Crippen LogP contribution in [0.25, 0.3) is 0 Å². The lowest BCUT2D eigenvalue weighted by atomic mass is 10.3. The first-order chi connectivity index (χ1) is 6.56. The van der Waals surface area contributed by atoms with Gasteiger partial charge in [0.05, 0.1) is 6.61 Å². The van der Waals surface area contributed by atoms with Crippen LogP contribution in [0, 0.1) is 0 Å². The Labute approximate surface area is 80.5 Å². The summed E-state index contributed by atoms with van der Waals surface area (Å²) in [5.74, 6) is -5.63. The van der Waals surface area contributed by atoms with Crippen molar-refractivity contribution in [3.8, 4) is 0 Å². The number of alkyl halides is 7. The van der Waals surface area contributed by atoms with E-state index in [1.165, 1.54) is 6.92 Å². The molecule has 0 heterocycles. The topological polar surface area (TPSA) is 9.23 Å². The maximum absolute atomic E-state index is 12.6. The Balaban J connectivity index is 4.89. The van der Waals surface area contributed by atoms with E-state index in [1.54, 1.807) is 0 Å². The molecule has 0 radical (unpaired) electrons. The summed E-state index contributed by atoms with van der Waals surface area (Å²) in [5.41, 5.74) is 0. The van der Waals surface area contributed by atoms with Crippen molar-refractivity contribution >= 4 is 0 Å². The zero-order valence-corrected chi connectivity index (χ0v) is 7.42. The zero-order valence-electron chi connectivity index (χ0n) is 7.42. The molecule has 0 aliphatic rings. The van der Waals surface area contributed by atoms with Crippen molar-refractivity contribution < 1.29 is 35.5 Å². The Morgan fingerprint density at radius 3 is 1.60 bits per heavy atom. The minimum absolute atomic E-state index is 0.825. The molecule has 0 aromatic rings. The Kier molecular flexibility index (Phi) is 4.15. The molecule has 0 unspecified atom stereocenters. The van der Waals surface area contributed by atoms with Gasteiger partial charge in [-0.05, 0) is 6.92 Å². The van der Waals surface area contributed by atoms with E-state index in [0.717, 1.165) is 12.2 Å². The molecule has 0 aromatic carbocycles. The minimum atomic E-state index is -6.16. The fraction of sp³-hybridized carbons (Fsp3) is 0.714. The number of rotatable bonds is 3. The summed E-state index contributed by atoms with van der Waals surface area (Å²) >= 11 is 0. The highest BCUT2D eigenvalue weighted by molar-refractivity contribution is 4.87. The van der Waals surface area contributed by atoms with E-state index in [1.807, 2.05) is 0 Å². The lowest BCUT2D eigenvalue weighted by Gasteiger charge is -2.28. The first-order valence-corrected chi connectivity index (χ1v) is 3.63. The third kappa shape index (κ3) is 3.08. The molecule has 0 fully saturated rings. The fourth-order valence-electron chi connectivity index (χ4n) is 0.584. The van der Waals surface area contributed by atoms with Gasteiger partial charge in [-0.2, -0.15) is 30.7 Å². The second kappa shape index (κ2) is 4.38. The Hall–Kier alpha value is -0.790. The van der Waals surface area contributed by atoms with Gasteiger partial charge in [-0.15, -0.1) is 0 Å². The normalized spacial score (nSPS) is 14.9. The van der Waals surface area contributed by atoms with Crippen LogP contribution in [0.1, 0.15) is 6.92 Å². The van der Waals surface area contributed by atoms with Crippen LogP contribution in [-0.4, -0.2) is 24.8 Å². The van der Waals surface area contributed by atoms with E-state index in [0.29, 0.717) is 0 Å². The van der Waals surface area contributed by atoms with Gasteiger partial charge in [0, 0.05) is 0 Å². The van der Waals surface area contributed by atoms with E-state index < -0.39 is 24.8 Å². The standard InChI is InChI=1S/C7H7F7O/c1-2-3-4-15-5(8,6(9,10)11)7(12,13)14/h2-3H,4H2,1H3. The number of hydrogen-bond acceptors (Lipinski definition) is 1. The second-order valence-corrected chi connectivity index (χ2v) is 2.47. The van der Waals surface area contributed by atoms with Crippen LogP contribution < -0.4 is 0 Å². The average Bonchev–Trinajstić information content (AvgIpc) is 2.00. The van der Waals surface area contributed by atoms with Crippen molar-refractivity contribution in [3.63, 3.8) is 0 Å². The van der Waals surface area contributed by atoms with Gasteiger partial charge in [0.2, 0.25) is 0 Å². The minimum Gasteiger partial charge on any atom is -0.328 e. The Morgan fingerprint density at radius 1 is 0.933 bits per heavy atom. The molecule has 0 aromatic heterocycles. The average molecular weight is 240 g/mol. The van der Waals surface area contributed by atoms with Crippen LogP contribution >= 0.6 is 0 Å². The van der Waals surface area contributed by atoms with Gasteiger partial charge in [-0.3, -0.25) is 0 Å². The van der Waals surface area contributed by atoms with Crippen molar-refractivity contribution in [2.75, 3.05) is 6.61 Å². The smallest absolute Gasteiger partial charge is 0.328 e. The van der Waals surface area contributed by atoms with Crippen LogP contribution in [0.15, 0.2) is 12.2 Å². The number of ether oxygens (including phenoxy) is 1. The molecule has 0 bridgehead atoms. The fourth-order valence-corrected chi connectivity index (χ4v) is 0.584. The second-order valence-electron chi connectivity index (χ2n) is 2.47. The quantitative estimate of drug-likeness (QED) is 0.542. The van der Waals surface area contributed by atoms with Crippen LogP contribution in [0.4, 0.5) is 30.7 Å². The van der Waals surface area contributed by atoms with Gasteiger partial charge in [-0.1, -0.05) is 12.2 Å². The van der Waals surface area contributed by atoms with Crippen molar-refractivity contribution in [2.24, 2.45) is 0 Å². The van der Waals surface area contributed by atoms with Gasteiger partial charge < -0.3 is 4.74 Å². The Bertz CT molecular complexity index is 212. The van der Waals surface area contributed by atoms with Crippen LogP contribution in [0.2, 0.25) is 0 Å². The molecular weight excluding hydrogens is 233 g/mol. The van der Waals surface area contributed by atoms with Crippen molar-refractivity contribution in [1.29, 1.82) is 0 Å². The monoisotopic (exact) mass is 240 g/mol. The molecule has 0 rings (SSSR count). The molecule has 0 atom stereocenters. The summed E-state index contributed by atoms with van der Waals surface area (Å²) in [6.45, 7) is 0.219. The largest absolute Gasteiger partial charge is 0.458 e. The summed E-state index contributed by atoms with van der Waals surface area (Å²) in [5, 5.41) is 0. The maximum Gasteiger partial charge on any atom is 0.458 e. The van der Waals surface area contributed by atoms with Gasteiger partial charge in [0.25, 0.3) is 0 Å². The molecule has 1 nitrogen and oxygen atoms in total. The summed E-state index contributed by atoms with van der Waals surface area (Å²) < 4.78 is 86.5. The molecule has 0 amide bonds. The molecule has 0 saturated heterocycles. The van der Waals surface area contributed by atoms with E-state index in [2.05, 4.69) is 4.74 Å². The third-order valence-electron chi connectivity index (χ3n) is 1.34. The molecule has 0 N–H and O–H groups in total. The molecular formula is C7H7F7O. The van der Waals surface area contributed by atoms with Crippen molar-refractivity contribution in [2.45, 2.75) is 25.1 Å². The highest BCUT2D eigenvalue weighted by Crippen LogP contribution is 2.46. The van der Waals surface area contributed by atoms with E-state index in [-0.39, 0.29) is 0 Å². The number of hydrogen-bond donors (Lipinski definition) is 0. The van der Waals surface area contributed by atoms with Gasteiger partial charge in [0.1, 0.15) is 0 Å². The SMILES string of the molecule is CC=CCOC(F)(C(F)(F)F)C(F)(F)F.